The molecule has 0 amide bonds. The van der Waals surface area contributed by atoms with E-state index in [4.69, 9.17) is 4.42 Å². The van der Waals surface area contributed by atoms with Crippen LogP contribution in [0.5, 0.6) is 0 Å². The Balaban J connectivity index is 2.24. The van der Waals surface area contributed by atoms with Crippen LogP contribution in [0, 0.1) is 11.6 Å². The Bertz CT molecular complexity index is 563. The van der Waals surface area contributed by atoms with Gasteiger partial charge < -0.3 is 4.42 Å². The number of halogens is 3. The third-order valence-corrected chi connectivity index (χ3v) is 2.89. The van der Waals surface area contributed by atoms with E-state index in [1.807, 2.05) is 0 Å². The highest BCUT2D eigenvalue weighted by molar-refractivity contribution is 9.10. The Hall–Kier alpha value is -1.49. The number of carbonyl (C=O) groups is 1. The van der Waals surface area contributed by atoms with Gasteiger partial charge in [0.05, 0.1) is 11.8 Å². The number of furan rings is 1. The lowest BCUT2D eigenvalue weighted by molar-refractivity contribution is 0.0990. The molecule has 0 aliphatic carbocycles. The van der Waals surface area contributed by atoms with Crippen molar-refractivity contribution in [3.63, 3.8) is 0 Å². The van der Waals surface area contributed by atoms with Gasteiger partial charge >= 0.3 is 0 Å². The first-order valence-electron chi connectivity index (χ1n) is 4.78. The first kappa shape index (κ1) is 12.0. The van der Waals surface area contributed by atoms with Crippen molar-refractivity contribution in [1.29, 1.82) is 0 Å². The van der Waals surface area contributed by atoms with Gasteiger partial charge in [-0.3, -0.25) is 4.79 Å². The largest absolute Gasteiger partial charge is 0.457 e. The van der Waals surface area contributed by atoms with E-state index in [2.05, 4.69) is 15.9 Å². The van der Waals surface area contributed by atoms with Crippen LogP contribution in [0.15, 0.2) is 39.6 Å². The number of hydrogen-bond acceptors (Lipinski definition) is 2. The molecular weight excluding hydrogens is 294 g/mol. The van der Waals surface area contributed by atoms with Crippen molar-refractivity contribution in [2.24, 2.45) is 0 Å². The summed E-state index contributed by atoms with van der Waals surface area (Å²) in [5.74, 6) is -1.50. The van der Waals surface area contributed by atoms with Crippen molar-refractivity contribution in [1.82, 2.24) is 0 Å². The van der Waals surface area contributed by atoms with Crippen LogP contribution in [0.3, 0.4) is 0 Å². The molecule has 0 fully saturated rings. The monoisotopic (exact) mass is 300 g/mol. The van der Waals surface area contributed by atoms with Gasteiger partial charge in [-0.25, -0.2) is 8.78 Å². The SMILES string of the molecule is O=C(Cc1cc(F)ccc1F)c1ccoc1Br. The molecule has 0 saturated heterocycles. The summed E-state index contributed by atoms with van der Waals surface area (Å²) in [5, 5.41) is 0. The topological polar surface area (TPSA) is 30.2 Å². The fourth-order valence-electron chi connectivity index (χ4n) is 1.44. The third-order valence-electron chi connectivity index (χ3n) is 2.28. The van der Waals surface area contributed by atoms with Gasteiger partial charge in [-0.1, -0.05) is 0 Å². The Morgan fingerprint density at radius 3 is 2.71 bits per heavy atom. The van der Waals surface area contributed by atoms with E-state index in [9.17, 15) is 13.6 Å². The summed E-state index contributed by atoms with van der Waals surface area (Å²) < 4.78 is 31.4. The van der Waals surface area contributed by atoms with Crippen LogP contribution in [0.2, 0.25) is 0 Å². The second kappa shape index (κ2) is 4.79. The van der Waals surface area contributed by atoms with Crippen molar-refractivity contribution >= 4 is 21.7 Å². The average Bonchev–Trinajstić information content (AvgIpc) is 2.70. The molecule has 0 aliphatic heterocycles. The number of carbonyl (C=O) groups excluding carboxylic acids is 1. The molecule has 0 unspecified atom stereocenters. The maximum atomic E-state index is 13.3. The van der Waals surface area contributed by atoms with E-state index in [1.54, 1.807) is 0 Å². The first-order valence-corrected chi connectivity index (χ1v) is 5.57. The lowest BCUT2D eigenvalue weighted by Crippen LogP contribution is -2.05. The molecule has 2 nitrogen and oxygen atoms in total. The highest BCUT2D eigenvalue weighted by Gasteiger charge is 2.15. The van der Waals surface area contributed by atoms with Gasteiger partial charge in [0.2, 0.25) is 0 Å². The summed E-state index contributed by atoms with van der Waals surface area (Å²) in [6.45, 7) is 0. The smallest absolute Gasteiger partial charge is 0.179 e. The molecule has 1 aromatic heterocycles. The Morgan fingerprint density at radius 2 is 2.06 bits per heavy atom. The molecule has 0 radical (unpaired) electrons. The summed E-state index contributed by atoms with van der Waals surface area (Å²) in [6, 6.07) is 4.50. The number of Topliss-reactive ketones (excluding diaryl/α,β-unsaturated/α-hetero) is 1. The molecule has 0 spiro atoms. The standard InChI is InChI=1S/C12H7BrF2O2/c13-12-9(3-4-17-12)11(16)6-7-5-8(14)1-2-10(7)15/h1-5H,6H2. The van der Waals surface area contributed by atoms with E-state index in [0.29, 0.717) is 10.2 Å². The van der Waals surface area contributed by atoms with E-state index in [0.717, 1.165) is 18.2 Å². The van der Waals surface area contributed by atoms with E-state index >= 15 is 0 Å². The lowest BCUT2D eigenvalue weighted by Gasteiger charge is -2.02. The van der Waals surface area contributed by atoms with E-state index in [1.165, 1.54) is 12.3 Å². The van der Waals surface area contributed by atoms with E-state index in [-0.39, 0.29) is 17.8 Å². The molecule has 0 atom stereocenters. The zero-order valence-electron chi connectivity index (χ0n) is 8.54. The van der Waals surface area contributed by atoms with Gasteiger partial charge in [-0.15, -0.1) is 0 Å². The summed E-state index contributed by atoms with van der Waals surface area (Å²) in [7, 11) is 0. The summed E-state index contributed by atoms with van der Waals surface area (Å²) in [6.07, 6.45) is 1.14. The number of benzene rings is 1. The quantitative estimate of drug-likeness (QED) is 0.808. The molecule has 1 heterocycles. The zero-order valence-corrected chi connectivity index (χ0v) is 10.1. The van der Waals surface area contributed by atoms with Crippen molar-refractivity contribution in [3.05, 3.63) is 58.0 Å². The van der Waals surface area contributed by atoms with Crippen LogP contribution in [0.1, 0.15) is 15.9 Å². The predicted molar refractivity (Wildman–Crippen MR) is 60.8 cm³/mol. The second-order valence-corrected chi connectivity index (χ2v) is 4.16. The molecule has 0 bridgehead atoms. The molecule has 1 aromatic carbocycles. The van der Waals surface area contributed by atoms with Crippen LogP contribution in [-0.2, 0) is 6.42 Å². The van der Waals surface area contributed by atoms with Crippen LogP contribution in [-0.4, -0.2) is 5.78 Å². The first-order chi connectivity index (χ1) is 8.08. The maximum Gasteiger partial charge on any atom is 0.179 e. The average molecular weight is 301 g/mol. The van der Waals surface area contributed by atoms with E-state index < -0.39 is 11.6 Å². The van der Waals surface area contributed by atoms with Crippen molar-refractivity contribution in [3.8, 4) is 0 Å². The summed E-state index contributed by atoms with van der Waals surface area (Å²) in [5.41, 5.74) is 0.344. The minimum Gasteiger partial charge on any atom is -0.457 e. The van der Waals surface area contributed by atoms with Crippen LogP contribution >= 0.6 is 15.9 Å². The Morgan fingerprint density at radius 1 is 1.29 bits per heavy atom. The normalized spacial score (nSPS) is 10.5. The highest BCUT2D eigenvalue weighted by atomic mass is 79.9. The number of ketones is 1. The van der Waals surface area contributed by atoms with Gasteiger partial charge in [-0.2, -0.15) is 0 Å². The molecule has 0 aliphatic rings. The van der Waals surface area contributed by atoms with Crippen molar-refractivity contribution in [2.75, 3.05) is 0 Å². The minimum absolute atomic E-state index is 0.0306. The Kier molecular flexibility index (Phi) is 3.38. The number of hydrogen-bond donors (Lipinski definition) is 0. The van der Waals surface area contributed by atoms with Crippen LogP contribution in [0.4, 0.5) is 8.78 Å². The minimum atomic E-state index is -0.598. The maximum absolute atomic E-state index is 13.3. The molecule has 17 heavy (non-hydrogen) atoms. The number of rotatable bonds is 3. The van der Waals surface area contributed by atoms with Crippen molar-refractivity contribution < 1.29 is 18.0 Å². The molecule has 5 heteroatoms. The molecule has 0 N–H and O–H groups in total. The predicted octanol–water partition coefficient (Wildman–Crippen LogP) is 3.75. The molecule has 2 rings (SSSR count). The third kappa shape index (κ3) is 2.61. The van der Waals surface area contributed by atoms with Gasteiger partial charge in [0, 0.05) is 6.42 Å². The highest BCUT2D eigenvalue weighted by Crippen LogP contribution is 2.20. The Labute approximate surface area is 104 Å². The molecule has 2 aromatic rings. The summed E-state index contributed by atoms with van der Waals surface area (Å²) >= 11 is 3.06. The second-order valence-electron chi connectivity index (χ2n) is 3.44. The van der Waals surface area contributed by atoms with Gasteiger partial charge in [0.15, 0.2) is 10.5 Å². The molecular formula is C12H7BrF2O2. The zero-order chi connectivity index (χ0) is 12.4. The molecule has 88 valence electrons. The fourth-order valence-corrected chi connectivity index (χ4v) is 1.90. The fraction of sp³-hybridized carbons (Fsp3) is 0.0833. The van der Waals surface area contributed by atoms with Crippen molar-refractivity contribution in [2.45, 2.75) is 6.42 Å². The molecule has 0 saturated carbocycles. The summed E-state index contributed by atoms with van der Waals surface area (Å²) in [4.78, 5) is 11.8. The van der Waals surface area contributed by atoms with Gasteiger partial charge in [0.25, 0.3) is 0 Å². The van der Waals surface area contributed by atoms with Gasteiger partial charge in [-0.05, 0) is 45.8 Å². The lowest BCUT2D eigenvalue weighted by atomic mass is 10.0. The van der Waals surface area contributed by atoms with Crippen LogP contribution in [0.25, 0.3) is 0 Å². The van der Waals surface area contributed by atoms with Gasteiger partial charge in [0.1, 0.15) is 11.6 Å². The van der Waals surface area contributed by atoms with Crippen LogP contribution < -0.4 is 0 Å².